The van der Waals surface area contributed by atoms with E-state index in [9.17, 15) is 9.59 Å². The van der Waals surface area contributed by atoms with Crippen LogP contribution in [0.15, 0.2) is 29.2 Å². The van der Waals surface area contributed by atoms with E-state index in [-0.39, 0.29) is 5.75 Å². The molecule has 0 unspecified atom stereocenters. The molecule has 1 aromatic rings. The molecule has 0 aliphatic heterocycles. The molecular formula is C14H16N2O3S2. The maximum Gasteiger partial charge on any atom is 0.326 e. The van der Waals surface area contributed by atoms with Crippen molar-refractivity contribution < 1.29 is 14.7 Å². The third kappa shape index (κ3) is 5.69. The van der Waals surface area contributed by atoms with Crippen LogP contribution in [-0.2, 0) is 4.79 Å². The molecule has 0 radical (unpaired) electrons. The molecule has 0 bridgehead atoms. The van der Waals surface area contributed by atoms with Crippen molar-refractivity contribution in [1.82, 2.24) is 5.32 Å². The molecule has 0 aliphatic rings. The zero-order valence-electron chi connectivity index (χ0n) is 11.5. The number of hydrogen-bond acceptors (Lipinski definition) is 5. The summed E-state index contributed by atoms with van der Waals surface area (Å²) in [7, 11) is 0. The van der Waals surface area contributed by atoms with E-state index in [2.05, 4.69) is 5.32 Å². The molecule has 0 saturated heterocycles. The predicted octanol–water partition coefficient (Wildman–Crippen LogP) is 2.24. The van der Waals surface area contributed by atoms with Crippen molar-refractivity contribution in [2.24, 2.45) is 0 Å². The van der Waals surface area contributed by atoms with Crippen molar-refractivity contribution in [3.8, 4) is 6.07 Å². The van der Waals surface area contributed by atoms with Gasteiger partial charge in [0.05, 0.1) is 17.4 Å². The lowest BCUT2D eigenvalue weighted by Crippen LogP contribution is -2.41. The molecule has 0 aromatic heterocycles. The summed E-state index contributed by atoms with van der Waals surface area (Å²) in [4.78, 5) is 24.1. The van der Waals surface area contributed by atoms with Crippen LogP contribution in [0.5, 0.6) is 0 Å². The Balaban J connectivity index is 2.82. The van der Waals surface area contributed by atoms with Gasteiger partial charge in [0, 0.05) is 4.90 Å². The number of nitrogens with zero attached hydrogens (tertiary/aromatic N) is 1. The van der Waals surface area contributed by atoms with Gasteiger partial charge in [-0.1, -0.05) is 12.1 Å². The highest BCUT2D eigenvalue weighted by Gasteiger charge is 2.21. The zero-order valence-corrected chi connectivity index (χ0v) is 13.2. The van der Waals surface area contributed by atoms with E-state index in [1.807, 2.05) is 12.3 Å². The van der Waals surface area contributed by atoms with Crippen LogP contribution in [0, 0.1) is 11.3 Å². The molecule has 7 heteroatoms. The quantitative estimate of drug-likeness (QED) is 0.713. The smallest absolute Gasteiger partial charge is 0.326 e. The van der Waals surface area contributed by atoms with Gasteiger partial charge in [0.25, 0.3) is 5.91 Å². The molecule has 1 aromatic carbocycles. The van der Waals surface area contributed by atoms with Crippen LogP contribution in [0.3, 0.4) is 0 Å². The minimum Gasteiger partial charge on any atom is -0.480 e. The van der Waals surface area contributed by atoms with Crippen LogP contribution in [0.4, 0.5) is 0 Å². The second-order valence-electron chi connectivity index (χ2n) is 4.09. The topological polar surface area (TPSA) is 90.2 Å². The van der Waals surface area contributed by atoms with Gasteiger partial charge in [-0.3, -0.25) is 4.79 Å². The van der Waals surface area contributed by atoms with E-state index in [1.54, 1.807) is 24.3 Å². The summed E-state index contributed by atoms with van der Waals surface area (Å²) < 4.78 is 0. The van der Waals surface area contributed by atoms with E-state index >= 15 is 0 Å². The molecule has 112 valence electrons. The summed E-state index contributed by atoms with van der Waals surface area (Å²) in [6, 6.07) is 7.96. The molecule has 1 rings (SSSR count). The number of carbonyl (C=O) groups is 2. The average molecular weight is 324 g/mol. The molecule has 0 fully saturated rings. The summed E-state index contributed by atoms with van der Waals surface area (Å²) in [6.45, 7) is 0. The summed E-state index contributed by atoms with van der Waals surface area (Å²) in [5, 5.41) is 20.3. The maximum atomic E-state index is 12.2. The molecule has 5 nitrogen and oxygen atoms in total. The Labute approximate surface area is 132 Å². The van der Waals surface area contributed by atoms with Gasteiger partial charge in [-0.2, -0.15) is 17.0 Å². The molecule has 1 atom stereocenters. The van der Waals surface area contributed by atoms with Crippen molar-refractivity contribution in [3.63, 3.8) is 0 Å². The monoisotopic (exact) mass is 324 g/mol. The average Bonchev–Trinajstić information content (AvgIpc) is 2.49. The highest BCUT2D eigenvalue weighted by atomic mass is 32.2. The number of benzene rings is 1. The third-order valence-corrected chi connectivity index (χ3v) is 4.22. The van der Waals surface area contributed by atoms with Gasteiger partial charge in [-0.15, -0.1) is 11.8 Å². The molecule has 2 N–H and O–H groups in total. The molecule has 0 spiro atoms. The molecular weight excluding hydrogens is 308 g/mol. The minimum atomic E-state index is -1.04. The van der Waals surface area contributed by atoms with Gasteiger partial charge in [-0.25, -0.2) is 4.79 Å². The first kappa shape index (κ1) is 17.4. The van der Waals surface area contributed by atoms with E-state index < -0.39 is 17.9 Å². The lowest BCUT2D eigenvalue weighted by atomic mass is 10.1. The summed E-state index contributed by atoms with van der Waals surface area (Å²) in [6.07, 6.45) is 2.25. The van der Waals surface area contributed by atoms with E-state index in [1.165, 1.54) is 23.5 Å². The fourth-order valence-corrected chi connectivity index (χ4v) is 2.80. The number of nitriles is 1. The first-order chi connectivity index (χ1) is 10.1. The highest BCUT2D eigenvalue weighted by molar-refractivity contribution is 7.99. The van der Waals surface area contributed by atoms with Crippen LogP contribution in [0.1, 0.15) is 16.8 Å². The number of rotatable bonds is 8. The number of nitrogens with one attached hydrogen (secondary N) is 1. The van der Waals surface area contributed by atoms with Crippen molar-refractivity contribution in [3.05, 3.63) is 29.8 Å². The van der Waals surface area contributed by atoms with Crippen LogP contribution in [0.25, 0.3) is 0 Å². The largest absolute Gasteiger partial charge is 0.480 e. The van der Waals surface area contributed by atoms with Crippen LogP contribution in [-0.4, -0.2) is 40.8 Å². The molecule has 1 amide bonds. The summed E-state index contributed by atoms with van der Waals surface area (Å²) >= 11 is 2.78. The Morgan fingerprint density at radius 3 is 2.76 bits per heavy atom. The summed E-state index contributed by atoms with van der Waals surface area (Å²) in [5.74, 6) is -0.578. The fourth-order valence-electron chi connectivity index (χ4n) is 1.62. The Kier molecular flexibility index (Phi) is 7.72. The van der Waals surface area contributed by atoms with Crippen molar-refractivity contribution >= 4 is 35.4 Å². The highest BCUT2D eigenvalue weighted by Crippen LogP contribution is 2.22. The van der Waals surface area contributed by atoms with Crippen LogP contribution >= 0.6 is 23.5 Å². The Morgan fingerprint density at radius 2 is 2.14 bits per heavy atom. The Bertz CT molecular complexity index is 543. The van der Waals surface area contributed by atoms with Crippen LogP contribution < -0.4 is 5.32 Å². The molecule has 0 heterocycles. The summed E-state index contributed by atoms with van der Waals surface area (Å²) in [5.41, 5.74) is 0.396. The molecule has 0 aliphatic carbocycles. The first-order valence-corrected chi connectivity index (χ1v) is 8.59. The van der Waals surface area contributed by atoms with Crippen LogP contribution in [0.2, 0.25) is 0 Å². The van der Waals surface area contributed by atoms with Gasteiger partial charge in [0.15, 0.2) is 0 Å². The van der Waals surface area contributed by atoms with Crippen molar-refractivity contribution in [2.45, 2.75) is 17.4 Å². The van der Waals surface area contributed by atoms with Gasteiger partial charge >= 0.3 is 5.97 Å². The Hall–Kier alpha value is -1.65. The second-order valence-corrected chi connectivity index (χ2v) is 6.09. The SMILES string of the molecule is CSCC[C@H](NC(=O)c1ccccc1SCC#N)C(=O)O. The number of thioether (sulfide) groups is 2. The standard InChI is InChI=1S/C14H16N2O3S2/c1-20-8-6-11(14(18)19)16-13(17)10-4-2-3-5-12(10)21-9-7-15/h2-5,11H,6,8-9H2,1H3,(H,16,17)(H,18,19)/t11-/m0/s1. The van der Waals surface area contributed by atoms with E-state index in [4.69, 9.17) is 10.4 Å². The predicted molar refractivity (Wildman–Crippen MR) is 84.7 cm³/mol. The minimum absolute atomic E-state index is 0.235. The number of carboxylic acid groups (broad SMARTS) is 1. The van der Waals surface area contributed by atoms with E-state index in [0.29, 0.717) is 22.6 Å². The van der Waals surface area contributed by atoms with Gasteiger partial charge < -0.3 is 10.4 Å². The van der Waals surface area contributed by atoms with Crippen molar-refractivity contribution in [2.75, 3.05) is 17.8 Å². The van der Waals surface area contributed by atoms with Gasteiger partial charge in [-0.05, 0) is 30.6 Å². The number of carboxylic acids is 1. The number of aliphatic carboxylic acids is 1. The van der Waals surface area contributed by atoms with E-state index in [0.717, 1.165) is 0 Å². The number of carbonyl (C=O) groups excluding carboxylic acids is 1. The zero-order chi connectivity index (χ0) is 15.7. The van der Waals surface area contributed by atoms with Gasteiger partial charge in [0.1, 0.15) is 6.04 Å². The molecule has 21 heavy (non-hydrogen) atoms. The maximum absolute atomic E-state index is 12.2. The number of amides is 1. The van der Waals surface area contributed by atoms with Gasteiger partial charge in [0.2, 0.25) is 0 Å². The van der Waals surface area contributed by atoms with Crippen molar-refractivity contribution in [1.29, 1.82) is 5.26 Å². The Morgan fingerprint density at radius 1 is 1.43 bits per heavy atom. The number of hydrogen-bond donors (Lipinski definition) is 2. The lowest BCUT2D eigenvalue weighted by Gasteiger charge is -2.15. The lowest BCUT2D eigenvalue weighted by molar-refractivity contribution is -0.139. The fraction of sp³-hybridized carbons (Fsp3) is 0.357. The molecule has 0 saturated carbocycles. The third-order valence-electron chi connectivity index (χ3n) is 2.64. The normalized spacial score (nSPS) is 11.4. The first-order valence-electron chi connectivity index (χ1n) is 6.21. The second kappa shape index (κ2) is 9.32.